The van der Waals surface area contributed by atoms with Gasteiger partial charge in [0.25, 0.3) is 11.5 Å². The summed E-state index contributed by atoms with van der Waals surface area (Å²) in [6.45, 7) is 3.57. The molecule has 0 fully saturated rings. The third-order valence-corrected chi connectivity index (χ3v) is 4.85. The lowest BCUT2D eigenvalue weighted by atomic mass is 10.0. The van der Waals surface area contributed by atoms with Gasteiger partial charge < -0.3 is 14.5 Å². The van der Waals surface area contributed by atoms with Crippen molar-refractivity contribution in [3.8, 4) is 0 Å². The van der Waals surface area contributed by atoms with Crippen molar-refractivity contribution in [3.05, 3.63) is 70.4 Å². The Balaban J connectivity index is 1.80. The highest BCUT2D eigenvalue weighted by Gasteiger charge is 2.30. The fourth-order valence-electron chi connectivity index (χ4n) is 3.68. The Kier molecular flexibility index (Phi) is 3.49. The van der Waals surface area contributed by atoms with Crippen LogP contribution < -0.4 is 5.56 Å². The van der Waals surface area contributed by atoms with Crippen molar-refractivity contribution in [2.75, 3.05) is 6.54 Å². The van der Waals surface area contributed by atoms with E-state index in [2.05, 4.69) is 28.7 Å². The highest BCUT2D eigenvalue weighted by Crippen LogP contribution is 2.30. The Morgan fingerprint density at radius 1 is 1.17 bits per heavy atom. The number of hydrogen-bond donors (Lipinski definition) is 1. The molecule has 3 aromatic rings. The van der Waals surface area contributed by atoms with Crippen LogP contribution in [0.4, 0.5) is 0 Å². The van der Waals surface area contributed by atoms with Crippen molar-refractivity contribution in [1.29, 1.82) is 0 Å². The van der Waals surface area contributed by atoms with Crippen molar-refractivity contribution in [2.24, 2.45) is 0 Å². The first-order valence-corrected chi connectivity index (χ1v) is 8.27. The van der Waals surface area contributed by atoms with Gasteiger partial charge in [0, 0.05) is 41.9 Å². The molecule has 1 N–H and O–H groups in total. The molecule has 0 unspecified atom stereocenters. The van der Waals surface area contributed by atoms with Gasteiger partial charge in [0.1, 0.15) is 0 Å². The molecular formula is C19H19N3O2. The first-order chi connectivity index (χ1) is 11.7. The van der Waals surface area contributed by atoms with Crippen LogP contribution in [0.2, 0.25) is 0 Å². The van der Waals surface area contributed by atoms with E-state index in [0.717, 1.165) is 13.0 Å². The van der Waals surface area contributed by atoms with Gasteiger partial charge in [-0.3, -0.25) is 9.59 Å². The highest BCUT2D eigenvalue weighted by molar-refractivity contribution is 6.06. The average molecular weight is 321 g/mol. The van der Waals surface area contributed by atoms with Crippen molar-refractivity contribution in [1.82, 2.24) is 14.5 Å². The van der Waals surface area contributed by atoms with E-state index < -0.39 is 0 Å². The number of nitrogens with one attached hydrogen (secondary N) is 1. The molecule has 122 valence electrons. The number of hydrogen-bond acceptors (Lipinski definition) is 2. The zero-order valence-corrected chi connectivity index (χ0v) is 13.5. The molecule has 1 aliphatic rings. The molecule has 1 aliphatic heterocycles. The van der Waals surface area contributed by atoms with Crippen molar-refractivity contribution < 1.29 is 4.79 Å². The molecule has 0 radical (unpaired) electrons. The molecule has 0 bridgehead atoms. The minimum Gasteiger partial charge on any atom is -0.348 e. The SMILES string of the molecule is CC[C@H]1c2cccn2CCN1C(=O)c1c[nH]c(=O)c2ccccc12. The van der Waals surface area contributed by atoms with Crippen LogP contribution in [-0.4, -0.2) is 26.9 Å². The zero-order chi connectivity index (χ0) is 16.7. The van der Waals surface area contributed by atoms with Gasteiger partial charge in [-0.05, 0) is 24.6 Å². The predicted octanol–water partition coefficient (Wildman–Crippen LogP) is 2.94. The van der Waals surface area contributed by atoms with Crippen molar-refractivity contribution in [2.45, 2.75) is 25.9 Å². The number of benzene rings is 1. The number of carbonyl (C=O) groups is 1. The van der Waals surface area contributed by atoms with Crippen LogP contribution >= 0.6 is 0 Å². The average Bonchev–Trinajstić information content (AvgIpc) is 3.09. The molecule has 1 atom stereocenters. The lowest BCUT2D eigenvalue weighted by molar-refractivity contribution is 0.0619. The molecule has 2 aromatic heterocycles. The second kappa shape index (κ2) is 5.67. The monoisotopic (exact) mass is 321 g/mol. The topological polar surface area (TPSA) is 58.1 Å². The number of nitrogens with zero attached hydrogens (tertiary/aromatic N) is 2. The van der Waals surface area contributed by atoms with E-state index in [1.54, 1.807) is 12.3 Å². The molecule has 5 nitrogen and oxygen atoms in total. The quantitative estimate of drug-likeness (QED) is 0.789. The number of amides is 1. The minimum absolute atomic E-state index is 0.0262. The molecule has 24 heavy (non-hydrogen) atoms. The molecule has 1 aromatic carbocycles. The molecular weight excluding hydrogens is 302 g/mol. The Hall–Kier alpha value is -2.82. The summed E-state index contributed by atoms with van der Waals surface area (Å²) >= 11 is 0. The van der Waals surface area contributed by atoms with Crippen molar-refractivity contribution in [3.63, 3.8) is 0 Å². The number of H-pyrrole nitrogens is 1. The van der Waals surface area contributed by atoms with Crippen molar-refractivity contribution >= 4 is 16.7 Å². The lowest BCUT2D eigenvalue weighted by Crippen LogP contribution is -2.41. The smallest absolute Gasteiger partial charge is 0.256 e. The first kappa shape index (κ1) is 14.8. The summed E-state index contributed by atoms with van der Waals surface area (Å²) in [5.74, 6) is -0.0262. The highest BCUT2D eigenvalue weighted by atomic mass is 16.2. The maximum atomic E-state index is 13.2. The standard InChI is InChI=1S/C19H19N3O2/c1-2-16-17-8-5-9-21(17)10-11-22(16)19(24)15-12-20-18(23)14-7-4-3-6-13(14)15/h3-9,12,16H,2,10-11H2,1H3,(H,20,23)/t16-/m0/s1. The van der Waals surface area contributed by atoms with Gasteiger partial charge >= 0.3 is 0 Å². The van der Waals surface area contributed by atoms with Crippen LogP contribution in [0.25, 0.3) is 10.8 Å². The number of aromatic nitrogens is 2. The van der Waals surface area contributed by atoms with Gasteiger partial charge in [-0.2, -0.15) is 0 Å². The van der Waals surface area contributed by atoms with E-state index in [-0.39, 0.29) is 17.5 Å². The Morgan fingerprint density at radius 3 is 2.75 bits per heavy atom. The number of rotatable bonds is 2. The summed E-state index contributed by atoms with van der Waals surface area (Å²) in [4.78, 5) is 29.8. The summed E-state index contributed by atoms with van der Waals surface area (Å²) in [6, 6.07) is 11.4. The fourth-order valence-corrected chi connectivity index (χ4v) is 3.68. The van der Waals surface area contributed by atoms with E-state index in [9.17, 15) is 9.59 Å². The molecule has 1 amide bonds. The maximum absolute atomic E-state index is 13.2. The van der Waals surface area contributed by atoms with E-state index >= 15 is 0 Å². The van der Waals surface area contributed by atoms with E-state index in [0.29, 0.717) is 22.9 Å². The number of pyridine rings is 1. The normalized spacial score (nSPS) is 17.0. The maximum Gasteiger partial charge on any atom is 0.256 e. The fraction of sp³-hybridized carbons (Fsp3) is 0.263. The van der Waals surface area contributed by atoms with Gasteiger partial charge in [-0.15, -0.1) is 0 Å². The van der Waals surface area contributed by atoms with Crippen LogP contribution in [0.5, 0.6) is 0 Å². The summed E-state index contributed by atoms with van der Waals surface area (Å²) < 4.78 is 2.21. The van der Waals surface area contributed by atoms with E-state index in [1.807, 2.05) is 29.2 Å². The third-order valence-electron chi connectivity index (χ3n) is 4.85. The lowest BCUT2D eigenvalue weighted by Gasteiger charge is -2.36. The van der Waals surface area contributed by atoms with Gasteiger partial charge in [-0.1, -0.05) is 25.1 Å². The Bertz CT molecular complexity index is 970. The first-order valence-electron chi connectivity index (χ1n) is 8.27. The molecule has 4 rings (SSSR count). The molecule has 3 heterocycles. The summed E-state index contributed by atoms with van der Waals surface area (Å²) in [5.41, 5.74) is 1.57. The van der Waals surface area contributed by atoms with E-state index in [4.69, 9.17) is 0 Å². The number of aromatic amines is 1. The number of fused-ring (bicyclic) bond motifs is 2. The van der Waals surface area contributed by atoms with Crippen LogP contribution in [0.15, 0.2) is 53.6 Å². The third kappa shape index (κ3) is 2.16. The molecule has 0 saturated heterocycles. The minimum atomic E-state index is -0.165. The Labute approximate surface area is 139 Å². The van der Waals surface area contributed by atoms with Crippen LogP contribution in [0, 0.1) is 0 Å². The summed E-state index contributed by atoms with van der Waals surface area (Å²) in [5, 5.41) is 1.26. The largest absolute Gasteiger partial charge is 0.348 e. The second-order valence-electron chi connectivity index (χ2n) is 6.13. The molecule has 0 saturated carbocycles. The predicted molar refractivity (Wildman–Crippen MR) is 93.1 cm³/mol. The molecule has 0 spiro atoms. The van der Waals surface area contributed by atoms with Gasteiger partial charge in [0.15, 0.2) is 0 Å². The van der Waals surface area contributed by atoms with Gasteiger partial charge in [-0.25, -0.2) is 0 Å². The molecule has 5 heteroatoms. The Morgan fingerprint density at radius 2 is 1.96 bits per heavy atom. The zero-order valence-electron chi connectivity index (χ0n) is 13.5. The van der Waals surface area contributed by atoms with Gasteiger partial charge in [0.05, 0.1) is 11.6 Å². The number of carbonyl (C=O) groups excluding carboxylic acids is 1. The van der Waals surface area contributed by atoms with Crippen LogP contribution in [0.1, 0.15) is 35.4 Å². The second-order valence-corrected chi connectivity index (χ2v) is 6.13. The van der Waals surface area contributed by atoms with E-state index in [1.165, 1.54) is 5.69 Å². The summed E-state index contributed by atoms with van der Waals surface area (Å²) in [6.07, 6.45) is 4.47. The van der Waals surface area contributed by atoms with Gasteiger partial charge in [0.2, 0.25) is 0 Å². The van der Waals surface area contributed by atoms with Crippen LogP contribution in [-0.2, 0) is 6.54 Å². The summed E-state index contributed by atoms with van der Waals surface area (Å²) in [7, 11) is 0. The van der Waals surface area contributed by atoms with Crippen LogP contribution in [0.3, 0.4) is 0 Å². The molecule has 0 aliphatic carbocycles.